The molecule has 2 aliphatic carbocycles. The molecular formula is C28H31N. The van der Waals surface area contributed by atoms with Crippen molar-refractivity contribution >= 4 is 23.1 Å². The Morgan fingerprint density at radius 2 is 1.48 bits per heavy atom. The third-order valence-corrected chi connectivity index (χ3v) is 7.70. The lowest BCUT2D eigenvalue weighted by atomic mass is 9.56. The van der Waals surface area contributed by atoms with Crippen molar-refractivity contribution in [1.29, 1.82) is 0 Å². The SMILES string of the molecule is CCn1c2c(c3ccccc31)C(C)(C)C1=Cc3ccccc3C(CC)(CC)C1=C2. The first-order valence-electron chi connectivity index (χ1n) is 11.2. The van der Waals surface area contributed by atoms with Crippen LogP contribution in [-0.2, 0) is 17.4 Å². The van der Waals surface area contributed by atoms with Gasteiger partial charge in [-0.3, -0.25) is 0 Å². The van der Waals surface area contributed by atoms with Gasteiger partial charge in [-0.15, -0.1) is 0 Å². The number of para-hydroxylation sites is 1. The number of hydrogen-bond donors (Lipinski definition) is 0. The highest BCUT2D eigenvalue weighted by molar-refractivity contribution is 5.94. The van der Waals surface area contributed by atoms with Crippen LogP contribution in [0.15, 0.2) is 59.7 Å². The molecular weight excluding hydrogens is 350 g/mol. The minimum Gasteiger partial charge on any atom is -0.341 e. The van der Waals surface area contributed by atoms with Crippen LogP contribution >= 0.6 is 0 Å². The molecule has 0 amide bonds. The van der Waals surface area contributed by atoms with E-state index in [0.29, 0.717) is 0 Å². The van der Waals surface area contributed by atoms with Crippen LogP contribution in [0.4, 0.5) is 0 Å². The predicted octanol–water partition coefficient (Wildman–Crippen LogP) is 7.49. The lowest BCUT2D eigenvalue weighted by Gasteiger charge is -2.47. The first kappa shape index (κ1) is 18.5. The molecule has 1 aromatic heterocycles. The van der Waals surface area contributed by atoms with E-state index in [1.165, 1.54) is 44.4 Å². The van der Waals surface area contributed by atoms with Crippen LogP contribution in [0.3, 0.4) is 0 Å². The molecule has 0 bridgehead atoms. The summed E-state index contributed by atoms with van der Waals surface area (Å²) in [6.45, 7) is 12.9. The van der Waals surface area contributed by atoms with Gasteiger partial charge in [0, 0.05) is 34.0 Å². The van der Waals surface area contributed by atoms with Crippen LogP contribution < -0.4 is 0 Å². The third-order valence-electron chi connectivity index (χ3n) is 7.70. The van der Waals surface area contributed by atoms with E-state index in [1.807, 2.05) is 0 Å². The zero-order valence-electron chi connectivity index (χ0n) is 18.3. The van der Waals surface area contributed by atoms with Gasteiger partial charge in [0.15, 0.2) is 0 Å². The molecule has 1 heteroatoms. The zero-order valence-corrected chi connectivity index (χ0v) is 18.3. The fourth-order valence-electron chi connectivity index (χ4n) is 6.18. The zero-order chi connectivity index (χ0) is 20.4. The van der Waals surface area contributed by atoms with E-state index in [2.05, 4.69) is 99.9 Å². The summed E-state index contributed by atoms with van der Waals surface area (Å²) in [4.78, 5) is 0. The summed E-state index contributed by atoms with van der Waals surface area (Å²) >= 11 is 0. The molecule has 2 aromatic carbocycles. The topological polar surface area (TPSA) is 4.93 Å². The van der Waals surface area contributed by atoms with Crippen molar-refractivity contribution in [1.82, 2.24) is 4.57 Å². The quantitative estimate of drug-likeness (QED) is 0.443. The second-order valence-electron chi connectivity index (χ2n) is 9.14. The first-order valence-corrected chi connectivity index (χ1v) is 11.2. The van der Waals surface area contributed by atoms with E-state index in [1.54, 1.807) is 0 Å². The molecule has 0 fully saturated rings. The highest BCUT2D eigenvalue weighted by Crippen LogP contribution is 2.57. The molecule has 29 heavy (non-hydrogen) atoms. The molecule has 3 aromatic rings. The van der Waals surface area contributed by atoms with Crippen LogP contribution in [0, 0.1) is 0 Å². The predicted molar refractivity (Wildman–Crippen MR) is 125 cm³/mol. The minimum absolute atomic E-state index is 0.0252. The van der Waals surface area contributed by atoms with Gasteiger partial charge in [0.2, 0.25) is 0 Å². The van der Waals surface area contributed by atoms with E-state index < -0.39 is 0 Å². The second-order valence-corrected chi connectivity index (χ2v) is 9.14. The Hall–Kier alpha value is -2.54. The Morgan fingerprint density at radius 3 is 2.21 bits per heavy atom. The Bertz CT molecular complexity index is 1180. The number of fused-ring (bicyclic) bond motifs is 5. The van der Waals surface area contributed by atoms with Crippen molar-refractivity contribution in [3.63, 3.8) is 0 Å². The maximum Gasteiger partial charge on any atom is 0.0488 e. The smallest absolute Gasteiger partial charge is 0.0488 e. The molecule has 0 saturated heterocycles. The third kappa shape index (κ3) is 2.22. The summed E-state index contributed by atoms with van der Waals surface area (Å²) < 4.78 is 2.52. The Kier molecular flexibility index (Phi) is 3.97. The largest absolute Gasteiger partial charge is 0.341 e. The average molecular weight is 382 g/mol. The Morgan fingerprint density at radius 1 is 0.793 bits per heavy atom. The van der Waals surface area contributed by atoms with Gasteiger partial charge in [0.05, 0.1) is 0 Å². The van der Waals surface area contributed by atoms with Crippen LogP contribution in [0.1, 0.15) is 69.8 Å². The van der Waals surface area contributed by atoms with Gasteiger partial charge in [0.1, 0.15) is 0 Å². The van der Waals surface area contributed by atoms with Gasteiger partial charge in [-0.25, -0.2) is 0 Å². The number of aromatic nitrogens is 1. The number of rotatable bonds is 3. The summed E-state index contributed by atoms with van der Waals surface area (Å²) in [5, 5.41) is 1.41. The van der Waals surface area contributed by atoms with Gasteiger partial charge < -0.3 is 4.57 Å². The average Bonchev–Trinajstić information content (AvgIpc) is 3.07. The molecule has 148 valence electrons. The molecule has 0 saturated carbocycles. The van der Waals surface area contributed by atoms with E-state index in [-0.39, 0.29) is 10.8 Å². The van der Waals surface area contributed by atoms with Crippen LogP contribution in [-0.4, -0.2) is 4.57 Å². The monoisotopic (exact) mass is 381 g/mol. The van der Waals surface area contributed by atoms with Crippen LogP contribution in [0.2, 0.25) is 0 Å². The van der Waals surface area contributed by atoms with E-state index >= 15 is 0 Å². The lowest BCUT2D eigenvalue weighted by Crippen LogP contribution is -2.38. The number of nitrogens with zero attached hydrogens (tertiary/aromatic N) is 1. The highest BCUT2D eigenvalue weighted by atomic mass is 15.0. The molecule has 0 N–H and O–H groups in total. The normalized spacial score (nSPS) is 18.5. The number of benzene rings is 2. The number of aryl methyl sites for hydroxylation is 1. The molecule has 0 spiro atoms. The molecule has 0 radical (unpaired) electrons. The molecule has 0 unspecified atom stereocenters. The van der Waals surface area contributed by atoms with E-state index in [9.17, 15) is 0 Å². The summed E-state index contributed by atoms with van der Waals surface area (Å²) in [5.41, 5.74) is 10.3. The summed E-state index contributed by atoms with van der Waals surface area (Å²) in [5.74, 6) is 0. The summed E-state index contributed by atoms with van der Waals surface area (Å²) in [6.07, 6.45) is 7.27. The molecule has 2 aliphatic rings. The minimum atomic E-state index is -0.0252. The van der Waals surface area contributed by atoms with Crippen molar-refractivity contribution < 1.29 is 0 Å². The molecule has 0 atom stereocenters. The van der Waals surface area contributed by atoms with Crippen LogP contribution in [0.25, 0.3) is 23.1 Å². The van der Waals surface area contributed by atoms with Gasteiger partial charge in [0.25, 0.3) is 0 Å². The molecule has 1 nitrogen and oxygen atoms in total. The van der Waals surface area contributed by atoms with Crippen molar-refractivity contribution in [2.75, 3.05) is 0 Å². The standard InChI is InChI=1S/C28H31N/c1-6-28(7-2)21-15-11-9-13-19(21)17-22-23(28)18-25-26(27(22,4)5)20-14-10-12-16-24(20)29(25)8-3/h9-18H,6-8H2,1-5H3. The lowest BCUT2D eigenvalue weighted by molar-refractivity contribution is 0.450. The van der Waals surface area contributed by atoms with Crippen molar-refractivity contribution in [2.24, 2.45) is 0 Å². The van der Waals surface area contributed by atoms with Gasteiger partial charge in [-0.2, -0.15) is 0 Å². The number of allylic oxidation sites excluding steroid dienone is 2. The van der Waals surface area contributed by atoms with E-state index in [4.69, 9.17) is 0 Å². The summed E-state index contributed by atoms with van der Waals surface area (Å²) in [7, 11) is 0. The summed E-state index contributed by atoms with van der Waals surface area (Å²) in [6, 6.07) is 18.0. The Balaban J connectivity index is 1.93. The second kappa shape index (κ2) is 6.23. The number of hydrogen-bond acceptors (Lipinski definition) is 0. The Labute approximate surface area is 174 Å². The first-order chi connectivity index (χ1) is 14.0. The van der Waals surface area contributed by atoms with E-state index in [0.717, 1.165) is 19.4 Å². The van der Waals surface area contributed by atoms with Gasteiger partial charge >= 0.3 is 0 Å². The van der Waals surface area contributed by atoms with Crippen molar-refractivity contribution in [2.45, 2.75) is 64.8 Å². The molecule has 5 rings (SSSR count). The van der Waals surface area contributed by atoms with Gasteiger partial charge in [-0.05, 0) is 59.7 Å². The van der Waals surface area contributed by atoms with Gasteiger partial charge in [-0.1, -0.05) is 76.2 Å². The van der Waals surface area contributed by atoms with Crippen molar-refractivity contribution in [3.8, 4) is 0 Å². The maximum atomic E-state index is 2.54. The van der Waals surface area contributed by atoms with Crippen LogP contribution in [0.5, 0.6) is 0 Å². The van der Waals surface area contributed by atoms with Crippen molar-refractivity contribution in [3.05, 3.63) is 82.1 Å². The fraction of sp³-hybridized carbons (Fsp3) is 0.357. The molecule has 1 heterocycles. The maximum absolute atomic E-state index is 2.54. The fourth-order valence-corrected chi connectivity index (χ4v) is 6.18. The highest BCUT2D eigenvalue weighted by Gasteiger charge is 2.47. The molecule has 0 aliphatic heterocycles.